The molecule has 1 aliphatic rings. The molecule has 1 atom stereocenters. The molecule has 0 saturated carbocycles. The van der Waals surface area contributed by atoms with E-state index in [4.69, 9.17) is 0 Å². The molecule has 3 rings (SSSR count). The van der Waals surface area contributed by atoms with Gasteiger partial charge in [0.2, 0.25) is 0 Å². The number of rotatable bonds is 8. The molecule has 0 bridgehead atoms. The zero-order chi connectivity index (χ0) is 20.6. The molecule has 1 fully saturated rings. The summed E-state index contributed by atoms with van der Waals surface area (Å²) < 4.78 is 1.87. The van der Waals surface area contributed by atoms with Crippen LogP contribution in [-0.4, -0.2) is 52.7 Å². The minimum atomic E-state index is -0.245. The molecule has 1 saturated heterocycles. The number of anilines is 1. The van der Waals surface area contributed by atoms with Crippen molar-refractivity contribution in [2.75, 3.05) is 31.5 Å². The van der Waals surface area contributed by atoms with Crippen molar-refractivity contribution < 1.29 is 9.59 Å². The predicted molar refractivity (Wildman–Crippen MR) is 121 cm³/mol. The number of carbonyl (C=O) groups excluding carboxylic acids is 2. The molecule has 2 heterocycles. The highest BCUT2D eigenvalue weighted by atomic mass is 35.5. The van der Waals surface area contributed by atoms with E-state index in [0.717, 1.165) is 51.9 Å². The number of hydrogen-bond donors (Lipinski definition) is 2. The van der Waals surface area contributed by atoms with Crippen LogP contribution in [0.2, 0.25) is 0 Å². The predicted octanol–water partition coefficient (Wildman–Crippen LogP) is 3.74. The molecular weight excluding hydrogens is 402 g/mol. The van der Waals surface area contributed by atoms with Crippen LogP contribution in [0.25, 0.3) is 0 Å². The van der Waals surface area contributed by atoms with E-state index in [1.54, 1.807) is 30.3 Å². The van der Waals surface area contributed by atoms with Gasteiger partial charge in [-0.3, -0.25) is 14.3 Å². The minimum Gasteiger partial charge on any atom is -0.339 e. The summed E-state index contributed by atoms with van der Waals surface area (Å²) in [7, 11) is 0. The number of piperidine rings is 1. The lowest BCUT2D eigenvalue weighted by Crippen LogP contribution is -2.32. The first kappa shape index (κ1) is 23.9. The summed E-state index contributed by atoms with van der Waals surface area (Å²) in [5, 5.41) is 10.7. The zero-order valence-corrected chi connectivity index (χ0v) is 18.6. The number of amides is 2. The van der Waals surface area contributed by atoms with Gasteiger partial charge in [-0.2, -0.15) is 5.10 Å². The first-order valence-corrected chi connectivity index (χ1v) is 10.6. The minimum absolute atomic E-state index is 0. The van der Waals surface area contributed by atoms with E-state index in [1.807, 2.05) is 15.8 Å². The van der Waals surface area contributed by atoms with Gasteiger partial charge in [-0.15, -0.1) is 12.4 Å². The Morgan fingerprint density at radius 1 is 1.17 bits per heavy atom. The van der Waals surface area contributed by atoms with Crippen molar-refractivity contribution in [2.24, 2.45) is 0 Å². The highest BCUT2D eigenvalue weighted by Gasteiger charge is 2.18. The Hall–Kier alpha value is -2.38. The summed E-state index contributed by atoms with van der Waals surface area (Å²) >= 11 is 0. The van der Waals surface area contributed by atoms with Crippen LogP contribution in [0.4, 0.5) is 5.69 Å². The van der Waals surface area contributed by atoms with E-state index in [0.29, 0.717) is 23.0 Å². The summed E-state index contributed by atoms with van der Waals surface area (Å²) in [6, 6.07) is 9.11. The number of carbonyl (C=O) groups is 2. The molecule has 0 aliphatic carbocycles. The van der Waals surface area contributed by atoms with Crippen molar-refractivity contribution in [1.29, 1.82) is 0 Å². The quantitative estimate of drug-likeness (QED) is 0.664. The Labute approximate surface area is 184 Å². The average Bonchev–Trinajstić information content (AvgIpc) is 3.25. The molecule has 1 aliphatic heterocycles. The molecule has 1 aromatic carbocycles. The van der Waals surface area contributed by atoms with Gasteiger partial charge in [0.25, 0.3) is 11.8 Å². The van der Waals surface area contributed by atoms with Gasteiger partial charge in [0.05, 0.1) is 6.04 Å². The highest BCUT2D eigenvalue weighted by molar-refractivity contribution is 6.03. The zero-order valence-electron chi connectivity index (χ0n) is 17.8. The lowest BCUT2D eigenvalue weighted by molar-refractivity contribution is 0.0755. The Kier molecular flexibility index (Phi) is 9.33. The molecule has 2 aromatic rings. The van der Waals surface area contributed by atoms with Gasteiger partial charge in [-0.05, 0) is 62.6 Å². The van der Waals surface area contributed by atoms with Crippen LogP contribution in [0.3, 0.4) is 0 Å². The van der Waals surface area contributed by atoms with Crippen molar-refractivity contribution >= 4 is 29.9 Å². The van der Waals surface area contributed by atoms with Gasteiger partial charge in [-0.25, -0.2) is 0 Å². The maximum Gasteiger partial charge on any atom is 0.276 e. The van der Waals surface area contributed by atoms with Crippen LogP contribution in [0.1, 0.15) is 66.4 Å². The third-order valence-corrected chi connectivity index (χ3v) is 5.15. The molecule has 30 heavy (non-hydrogen) atoms. The van der Waals surface area contributed by atoms with Crippen molar-refractivity contribution in [3.63, 3.8) is 0 Å². The van der Waals surface area contributed by atoms with Gasteiger partial charge >= 0.3 is 0 Å². The number of nitrogens with one attached hydrogen (secondary N) is 2. The van der Waals surface area contributed by atoms with Gasteiger partial charge < -0.3 is 15.5 Å². The normalized spacial score (nSPS) is 15.9. The van der Waals surface area contributed by atoms with Crippen LogP contribution < -0.4 is 10.6 Å². The summed E-state index contributed by atoms with van der Waals surface area (Å²) in [4.78, 5) is 27.1. The Bertz CT molecular complexity index is 809. The van der Waals surface area contributed by atoms with Crippen molar-refractivity contribution in [1.82, 2.24) is 20.0 Å². The molecule has 8 heteroatoms. The van der Waals surface area contributed by atoms with E-state index >= 15 is 0 Å². The van der Waals surface area contributed by atoms with Crippen LogP contribution in [0.5, 0.6) is 0 Å². The topological polar surface area (TPSA) is 79.3 Å². The summed E-state index contributed by atoms with van der Waals surface area (Å²) in [6.45, 7) is 7.57. The molecule has 7 nitrogen and oxygen atoms in total. The number of aromatic nitrogens is 2. The van der Waals surface area contributed by atoms with E-state index in [2.05, 4.69) is 29.6 Å². The summed E-state index contributed by atoms with van der Waals surface area (Å²) in [5.74, 6) is -0.211. The second-order valence-corrected chi connectivity index (χ2v) is 7.50. The van der Waals surface area contributed by atoms with Gasteiger partial charge in [-0.1, -0.05) is 13.8 Å². The second kappa shape index (κ2) is 11.7. The van der Waals surface area contributed by atoms with Gasteiger partial charge in [0.1, 0.15) is 0 Å². The molecular formula is C22H32ClN5O2. The standard InChI is InChI=1S/C22H31N5O2.ClH/c1-3-13-26(14-4-2)22(29)17-7-9-18(10-8-17)24-21(28)20-11-15-27(25-20)19-6-5-12-23-16-19;/h7-11,15,19,23H,3-6,12-14,16H2,1-2H3,(H,24,28);1H. The SMILES string of the molecule is CCCN(CCC)C(=O)c1ccc(NC(=O)c2ccn(C3CCCNC3)n2)cc1.Cl. The smallest absolute Gasteiger partial charge is 0.276 e. The van der Waals surface area contributed by atoms with Crippen molar-refractivity contribution in [2.45, 2.75) is 45.6 Å². The van der Waals surface area contributed by atoms with E-state index < -0.39 is 0 Å². The van der Waals surface area contributed by atoms with Crippen molar-refractivity contribution in [3.8, 4) is 0 Å². The molecule has 1 unspecified atom stereocenters. The fraction of sp³-hybridized carbons (Fsp3) is 0.500. The van der Waals surface area contributed by atoms with Crippen LogP contribution >= 0.6 is 12.4 Å². The fourth-order valence-electron chi connectivity index (χ4n) is 3.65. The lowest BCUT2D eigenvalue weighted by atomic mass is 10.1. The number of benzene rings is 1. The molecule has 0 spiro atoms. The maximum absolute atomic E-state index is 12.7. The average molecular weight is 434 g/mol. The third kappa shape index (κ3) is 6.06. The van der Waals surface area contributed by atoms with Crippen LogP contribution in [0.15, 0.2) is 36.5 Å². The molecule has 1 aromatic heterocycles. The highest BCUT2D eigenvalue weighted by Crippen LogP contribution is 2.17. The monoisotopic (exact) mass is 433 g/mol. The third-order valence-electron chi connectivity index (χ3n) is 5.15. The number of halogens is 1. The largest absolute Gasteiger partial charge is 0.339 e. The molecule has 2 amide bonds. The van der Waals surface area contributed by atoms with E-state index in [1.165, 1.54) is 0 Å². The van der Waals surface area contributed by atoms with Crippen LogP contribution in [0, 0.1) is 0 Å². The Morgan fingerprint density at radius 2 is 1.87 bits per heavy atom. The summed E-state index contributed by atoms with van der Waals surface area (Å²) in [5.41, 5.74) is 1.68. The Morgan fingerprint density at radius 3 is 2.47 bits per heavy atom. The Balaban J connectivity index is 0.00000320. The number of hydrogen-bond acceptors (Lipinski definition) is 4. The molecule has 164 valence electrons. The molecule has 0 radical (unpaired) electrons. The van der Waals surface area contributed by atoms with E-state index in [-0.39, 0.29) is 24.2 Å². The molecule has 2 N–H and O–H groups in total. The van der Waals surface area contributed by atoms with E-state index in [9.17, 15) is 9.59 Å². The van der Waals surface area contributed by atoms with Crippen LogP contribution in [-0.2, 0) is 0 Å². The number of nitrogens with zero attached hydrogens (tertiary/aromatic N) is 3. The maximum atomic E-state index is 12.7. The lowest BCUT2D eigenvalue weighted by Gasteiger charge is -2.22. The van der Waals surface area contributed by atoms with Gasteiger partial charge in [0, 0.05) is 37.1 Å². The first-order chi connectivity index (χ1) is 14.1. The van der Waals surface area contributed by atoms with Gasteiger partial charge in [0.15, 0.2) is 5.69 Å². The van der Waals surface area contributed by atoms with Crippen molar-refractivity contribution in [3.05, 3.63) is 47.8 Å². The fourth-order valence-corrected chi connectivity index (χ4v) is 3.65. The first-order valence-electron chi connectivity index (χ1n) is 10.6. The summed E-state index contributed by atoms with van der Waals surface area (Å²) in [6.07, 6.45) is 5.92. The second-order valence-electron chi connectivity index (χ2n) is 7.50.